The van der Waals surface area contributed by atoms with Gasteiger partial charge in [-0.2, -0.15) is 0 Å². The number of aliphatic hydroxyl groups excluding tert-OH is 1. The largest absolute Gasteiger partial charge is 0.454 e. The number of carbonyl (C=O) groups is 2. The average Bonchev–Trinajstić information content (AvgIpc) is 3.03. The van der Waals surface area contributed by atoms with Crippen LogP contribution in [0.25, 0.3) is 0 Å². The van der Waals surface area contributed by atoms with E-state index in [1.807, 2.05) is 0 Å². The first-order chi connectivity index (χ1) is 13.0. The molecule has 2 N–H and O–H groups in total. The third kappa shape index (κ3) is 4.53. The van der Waals surface area contributed by atoms with Crippen LogP contribution in [0.1, 0.15) is 12.5 Å². The van der Waals surface area contributed by atoms with E-state index in [0.29, 0.717) is 11.4 Å². The summed E-state index contributed by atoms with van der Waals surface area (Å²) in [4.78, 5) is 24.3. The van der Waals surface area contributed by atoms with Crippen LogP contribution in [0.4, 0.5) is 14.9 Å². The number of carbonyl (C=O) groups excluding carboxylic acids is 2. The minimum atomic E-state index is -0.628. The van der Waals surface area contributed by atoms with Crippen molar-refractivity contribution in [3.05, 3.63) is 53.8 Å². The van der Waals surface area contributed by atoms with Gasteiger partial charge < -0.3 is 19.9 Å². The van der Waals surface area contributed by atoms with Gasteiger partial charge >= 0.3 is 6.09 Å². The second-order valence-electron chi connectivity index (χ2n) is 6.07. The predicted molar refractivity (Wildman–Crippen MR) is 95.1 cm³/mol. The summed E-state index contributed by atoms with van der Waals surface area (Å²) < 4.78 is 25.1. The Morgan fingerprint density at radius 1 is 1.33 bits per heavy atom. The van der Waals surface area contributed by atoms with Gasteiger partial charge in [0.15, 0.2) is 11.6 Å². The summed E-state index contributed by atoms with van der Waals surface area (Å²) in [6.07, 6.45) is -1.09. The molecule has 2 amide bonds. The van der Waals surface area contributed by atoms with Crippen LogP contribution in [0.15, 0.2) is 42.5 Å². The van der Waals surface area contributed by atoms with E-state index in [1.54, 1.807) is 30.3 Å². The maximum absolute atomic E-state index is 14.4. The van der Waals surface area contributed by atoms with Crippen LogP contribution < -0.4 is 15.0 Å². The number of ether oxygens (including phenoxy) is 2. The van der Waals surface area contributed by atoms with Crippen LogP contribution in [0.3, 0.4) is 0 Å². The van der Waals surface area contributed by atoms with E-state index in [1.165, 1.54) is 24.0 Å². The van der Waals surface area contributed by atoms with Crippen molar-refractivity contribution < 1.29 is 28.6 Å². The lowest BCUT2D eigenvalue weighted by Gasteiger charge is -2.15. The number of amides is 2. The Balaban J connectivity index is 1.68. The molecule has 1 heterocycles. The van der Waals surface area contributed by atoms with Crippen LogP contribution in [-0.2, 0) is 16.1 Å². The molecule has 3 rings (SSSR count). The summed E-state index contributed by atoms with van der Waals surface area (Å²) in [5, 5.41) is 11.6. The van der Waals surface area contributed by atoms with E-state index in [2.05, 4.69) is 5.32 Å². The molecule has 1 atom stereocenters. The number of rotatable bonds is 6. The summed E-state index contributed by atoms with van der Waals surface area (Å²) in [5.41, 5.74) is 1.06. The number of benzene rings is 2. The van der Waals surface area contributed by atoms with Crippen molar-refractivity contribution in [3.63, 3.8) is 0 Å². The zero-order valence-electron chi connectivity index (χ0n) is 14.6. The summed E-state index contributed by atoms with van der Waals surface area (Å²) in [6.45, 7) is 1.70. The molecular weight excluding hydrogens is 355 g/mol. The molecule has 8 heteroatoms. The molecule has 2 aromatic carbocycles. The van der Waals surface area contributed by atoms with Crippen molar-refractivity contribution in [2.75, 3.05) is 18.0 Å². The molecule has 1 aliphatic heterocycles. The lowest BCUT2D eigenvalue weighted by atomic mass is 10.2. The molecule has 1 aliphatic rings. The number of cyclic esters (lactones) is 1. The van der Waals surface area contributed by atoms with E-state index in [9.17, 15) is 14.0 Å². The van der Waals surface area contributed by atoms with Crippen molar-refractivity contribution in [2.45, 2.75) is 19.6 Å². The maximum Gasteiger partial charge on any atom is 0.414 e. The van der Waals surface area contributed by atoms with Crippen LogP contribution in [-0.4, -0.2) is 36.3 Å². The van der Waals surface area contributed by atoms with Crippen molar-refractivity contribution in [1.82, 2.24) is 5.32 Å². The number of anilines is 1. The van der Waals surface area contributed by atoms with Crippen LogP contribution in [0.2, 0.25) is 0 Å². The Bertz CT molecular complexity index is 840. The highest BCUT2D eigenvalue weighted by Gasteiger charge is 2.32. The third-order valence-corrected chi connectivity index (χ3v) is 4.01. The first-order valence-corrected chi connectivity index (χ1v) is 8.36. The molecule has 0 aromatic heterocycles. The van der Waals surface area contributed by atoms with Crippen molar-refractivity contribution in [1.29, 1.82) is 0 Å². The van der Waals surface area contributed by atoms with Gasteiger partial charge in [-0.15, -0.1) is 0 Å². The van der Waals surface area contributed by atoms with E-state index in [4.69, 9.17) is 14.6 Å². The highest BCUT2D eigenvalue weighted by Crippen LogP contribution is 2.30. The molecule has 0 radical (unpaired) electrons. The standard InChI is InChI=1S/C19H19FN2O5/c1-12(24)21-9-16-10-22(19(25)27-16)14-4-7-18(17(20)8-14)26-15-5-2-13(11-23)3-6-15/h2-8,16,23H,9-11H2,1H3,(H,21,24)/t16-/m0/s1. The normalized spacial score (nSPS) is 16.2. The van der Waals surface area contributed by atoms with Gasteiger partial charge in [0.25, 0.3) is 0 Å². The fourth-order valence-corrected chi connectivity index (χ4v) is 2.63. The van der Waals surface area contributed by atoms with Crippen LogP contribution in [0, 0.1) is 5.82 Å². The van der Waals surface area contributed by atoms with Gasteiger partial charge in [0.05, 0.1) is 25.4 Å². The van der Waals surface area contributed by atoms with Gasteiger partial charge in [0, 0.05) is 13.0 Å². The average molecular weight is 374 g/mol. The van der Waals surface area contributed by atoms with Gasteiger partial charge in [0.2, 0.25) is 5.91 Å². The van der Waals surface area contributed by atoms with Crippen molar-refractivity contribution >= 4 is 17.7 Å². The Morgan fingerprint density at radius 3 is 2.70 bits per heavy atom. The number of hydrogen-bond donors (Lipinski definition) is 2. The summed E-state index contributed by atoms with van der Waals surface area (Å²) in [5.74, 6) is -0.409. The third-order valence-electron chi connectivity index (χ3n) is 4.01. The fraction of sp³-hybridized carbons (Fsp3) is 0.263. The molecule has 0 unspecified atom stereocenters. The lowest BCUT2D eigenvalue weighted by Crippen LogP contribution is -2.33. The van der Waals surface area contributed by atoms with Crippen molar-refractivity contribution in [2.24, 2.45) is 0 Å². The molecule has 0 spiro atoms. The summed E-state index contributed by atoms with van der Waals surface area (Å²) in [6, 6.07) is 10.8. The first-order valence-electron chi connectivity index (χ1n) is 8.36. The number of nitrogens with zero attached hydrogens (tertiary/aromatic N) is 1. The topological polar surface area (TPSA) is 88.1 Å². The van der Waals surface area contributed by atoms with Gasteiger partial charge in [-0.3, -0.25) is 9.69 Å². The molecule has 0 bridgehead atoms. The lowest BCUT2D eigenvalue weighted by molar-refractivity contribution is -0.119. The quantitative estimate of drug-likeness (QED) is 0.811. The van der Waals surface area contributed by atoms with E-state index < -0.39 is 18.0 Å². The maximum atomic E-state index is 14.4. The smallest absolute Gasteiger partial charge is 0.414 e. The summed E-state index contributed by atoms with van der Waals surface area (Å²) in [7, 11) is 0. The Labute approximate surface area is 155 Å². The Morgan fingerprint density at radius 2 is 2.07 bits per heavy atom. The first kappa shape index (κ1) is 18.7. The molecule has 142 valence electrons. The number of aliphatic hydroxyl groups is 1. The van der Waals surface area contributed by atoms with Crippen LogP contribution in [0.5, 0.6) is 11.5 Å². The van der Waals surface area contributed by atoms with Gasteiger partial charge in [0.1, 0.15) is 11.9 Å². The summed E-state index contributed by atoms with van der Waals surface area (Å²) >= 11 is 0. The highest BCUT2D eigenvalue weighted by atomic mass is 19.1. The Kier molecular flexibility index (Phi) is 5.56. The van der Waals surface area contributed by atoms with Gasteiger partial charge in [-0.05, 0) is 29.8 Å². The molecule has 1 saturated heterocycles. The molecular formula is C19H19FN2O5. The van der Waals surface area contributed by atoms with Crippen molar-refractivity contribution in [3.8, 4) is 11.5 Å². The fourth-order valence-electron chi connectivity index (χ4n) is 2.63. The molecule has 0 aliphatic carbocycles. The SMILES string of the molecule is CC(=O)NC[C@H]1CN(c2ccc(Oc3ccc(CO)cc3)c(F)c2)C(=O)O1. The molecule has 7 nitrogen and oxygen atoms in total. The number of nitrogens with one attached hydrogen (secondary N) is 1. The second kappa shape index (κ2) is 8.05. The minimum Gasteiger partial charge on any atom is -0.454 e. The van der Waals surface area contributed by atoms with Crippen LogP contribution >= 0.6 is 0 Å². The van der Waals surface area contributed by atoms with E-state index >= 15 is 0 Å². The molecule has 0 saturated carbocycles. The number of hydrogen-bond acceptors (Lipinski definition) is 5. The number of halogens is 1. The van der Waals surface area contributed by atoms with Gasteiger partial charge in [-0.25, -0.2) is 9.18 Å². The minimum absolute atomic E-state index is 0.0119. The zero-order chi connectivity index (χ0) is 19.4. The van der Waals surface area contributed by atoms with E-state index in [-0.39, 0.29) is 31.4 Å². The molecule has 2 aromatic rings. The predicted octanol–water partition coefficient (Wildman–Crippen LogP) is 2.57. The molecule has 1 fully saturated rings. The highest BCUT2D eigenvalue weighted by molar-refractivity contribution is 5.90. The monoisotopic (exact) mass is 374 g/mol. The van der Waals surface area contributed by atoms with Gasteiger partial charge in [-0.1, -0.05) is 12.1 Å². The second-order valence-corrected chi connectivity index (χ2v) is 6.07. The Hall–Kier alpha value is -3.13. The zero-order valence-corrected chi connectivity index (χ0v) is 14.6. The molecule has 27 heavy (non-hydrogen) atoms. The van der Waals surface area contributed by atoms with E-state index in [0.717, 1.165) is 5.56 Å².